The Morgan fingerprint density at radius 1 is 1.31 bits per heavy atom. The number of carbonyl (C=O) groups is 2. The number of piperidine rings is 1. The molecule has 0 bridgehead atoms. The quantitative estimate of drug-likeness (QED) is 0.723. The lowest BCUT2D eigenvalue weighted by atomic mass is 9.97. The lowest BCUT2D eigenvalue weighted by Crippen LogP contribution is -2.44. The molecule has 138 valence electrons. The predicted octanol–water partition coefficient (Wildman–Crippen LogP) is 1.19. The number of anilines is 1. The fourth-order valence-electron chi connectivity index (χ4n) is 3.14. The van der Waals surface area contributed by atoms with Crippen molar-refractivity contribution >= 4 is 17.6 Å². The third-order valence-corrected chi connectivity index (χ3v) is 4.49. The van der Waals surface area contributed by atoms with Crippen LogP contribution in [0, 0.1) is 5.92 Å². The third-order valence-electron chi connectivity index (χ3n) is 4.49. The zero-order chi connectivity index (χ0) is 18.4. The fraction of sp³-hybridized carbons (Fsp3) is 0.389. The molecule has 8 nitrogen and oxygen atoms in total. The van der Waals surface area contributed by atoms with Gasteiger partial charge in [0.25, 0.3) is 0 Å². The van der Waals surface area contributed by atoms with E-state index < -0.39 is 0 Å². The summed E-state index contributed by atoms with van der Waals surface area (Å²) in [4.78, 5) is 25.6. The number of urea groups is 1. The van der Waals surface area contributed by atoms with Crippen molar-refractivity contribution in [1.82, 2.24) is 20.0 Å². The number of nitrogens with two attached hydrogens (primary N) is 1. The van der Waals surface area contributed by atoms with Crippen molar-refractivity contribution in [3.63, 3.8) is 0 Å². The molecule has 2 heterocycles. The number of carbonyl (C=O) groups excluding carboxylic acids is 2. The summed E-state index contributed by atoms with van der Waals surface area (Å²) in [6, 6.07) is 9.05. The second-order valence-electron chi connectivity index (χ2n) is 6.42. The highest BCUT2D eigenvalue weighted by molar-refractivity contribution is 5.89. The molecule has 8 heteroatoms. The number of primary amides is 1. The average molecular weight is 356 g/mol. The molecule has 1 saturated heterocycles. The second-order valence-corrected chi connectivity index (χ2v) is 6.42. The highest BCUT2D eigenvalue weighted by atomic mass is 16.2. The van der Waals surface area contributed by atoms with Crippen LogP contribution in [-0.2, 0) is 4.79 Å². The maximum absolute atomic E-state index is 12.1. The zero-order valence-electron chi connectivity index (χ0n) is 14.6. The van der Waals surface area contributed by atoms with Crippen molar-refractivity contribution in [3.8, 4) is 5.69 Å². The molecule has 0 spiro atoms. The smallest absolute Gasteiger partial charge is 0.319 e. The van der Waals surface area contributed by atoms with E-state index in [4.69, 9.17) is 5.73 Å². The molecule has 0 aliphatic carbocycles. The highest BCUT2D eigenvalue weighted by Crippen LogP contribution is 2.15. The van der Waals surface area contributed by atoms with Crippen molar-refractivity contribution in [2.24, 2.45) is 11.7 Å². The molecule has 26 heavy (non-hydrogen) atoms. The Labute approximate surface area is 152 Å². The molecule has 0 saturated carbocycles. The molecule has 1 fully saturated rings. The average Bonchev–Trinajstić information content (AvgIpc) is 3.17. The number of hydrogen-bond donors (Lipinski definition) is 3. The summed E-state index contributed by atoms with van der Waals surface area (Å²) in [5.41, 5.74) is 6.96. The molecule has 1 aromatic carbocycles. The van der Waals surface area contributed by atoms with Crippen molar-refractivity contribution in [1.29, 1.82) is 0 Å². The zero-order valence-corrected chi connectivity index (χ0v) is 14.6. The molecule has 0 radical (unpaired) electrons. The first-order valence-corrected chi connectivity index (χ1v) is 8.78. The van der Waals surface area contributed by atoms with Gasteiger partial charge in [0.15, 0.2) is 0 Å². The van der Waals surface area contributed by atoms with Gasteiger partial charge in [0, 0.05) is 37.7 Å². The maximum Gasteiger partial charge on any atom is 0.319 e. The molecule has 3 amide bonds. The van der Waals surface area contributed by atoms with Crippen LogP contribution in [0.15, 0.2) is 42.7 Å². The Hall–Kier alpha value is -2.87. The summed E-state index contributed by atoms with van der Waals surface area (Å²) in [7, 11) is 0. The van der Waals surface area contributed by atoms with Gasteiger partial charge in [-0.3, -0.25) is 4.79 Å². The van der Waals surface area contributed by atoms with Crippen molar-refractivity contribution in [2.75, 3.05) is 31.5 Å². The number of amides is 3. The maximum atomic E-state index is 12.1. The SMILES string of the molecule is NC(=O)[C@@H]1CCCN(CCNC(=O)Nc2cccc(-n3cccn3)c2)C1. The van der Waals surface area contributed by atoms with E-state index in [1.807, 2.05) is 36.5 Å². The van der Waals surface area contributed by atoms with E-state index in [1.54, 1.807) is 10.9 Å². The van der Waals surface area contributed by atoms with Gasteiger partial charge in [0.05, 0.1) is 11.6 Å². The Morgan fingerprint density at radius 2 is 2.19 bits per heavy atom. The van der Waals surface area contributed by atoms with Gasteiger partial charge in [0.1, 0.15) is 0 Å². The number of hydrogen-bond acceptors (Lipinski definition) is 4. The predicted molar refractivity (Wildman–Crippen MR) is 98.9 cm³/mol. The summed E-state index contributed by atoms with van der Waals surface area (Å²) >= 11 is 0. The van der Waals surface area contributed by atoms with Gasteiger partial charge in [-0.05, 0) is 43.7 Å². The Kier molecular flexibility index (Phi) is 5.85. The second kappa shape index (κ2) is 8.48. The molecule has 1 atom stereocenters. The largest absolute Gasteiger partial charge is 0.369 e. The van der Waals surface area contributed by atoms with Gasteiger partial charge in [-0.25, -0.2) is 9.48 Å². The molecule has 0 unspecified atom stereocenters. The van der Waals surface area contributed by atoms with Gasteiger partial charge in [0.2, 0.25) is 5.91 Å². The number of nitrogens with one attached hydrogen (secondary N) is 2. The van der Waals surface area contributed by atoms with Crippen LogP contribution >= 0.6 is 0 Å². The first-order chi connectivity index (χ1) is 12.6. The first kappa shape index (κ1) is 17.9. The van der Waals surface area contributed by atoms with Crippen LogP contribution in [0.2, 0.25) is 0 Å². The van der Waals surface area contributed by atoms with Gasteiger partial charge in [-0.2, -0.15) is 5.10 Å². The molecule has 1 aromatic heterocycles. The van der Waals surface area contributed by atoms with E-state index >= 15 is 0 Å². The van der Waals surface area contributed by atoms with Crippen molar-refractivity contribution in [2.45, 2.75) is 12.8 Å². The van der Waals surface area contributed by atoms with E-state index in [1.165, 1.54) is 0 Å². The molecule has 1 aliphatic heterocycles. The lowest BCUT2D eigenvalue weighted by molar-refractivity contribution is -0.123. The Balaban J connectivity index is 1.44. The molecular weight excluding hydrogens is 332 g/mol. The van der Waals surface area contributed by atoms with E-state index in [9.17, 15) is 9.59 Å². The standard InChI is InChI=1S/C18H24N6O2/c19-17(25)14-4-2-9-23(13-14)11-8-20-18(26)22-15-5-1-6-16(12-15)24-10-3-7-21-24/h1,3,5-7,10,12,14H,2,4,8-9,11,13H2,(H2,19,25)(H2,20,22,26)/t14-/m1/s1. The van der Waals surface area contributed by atoms with Crippen LogP contribution in [0.25, 0.3) is 5.69 Å². The molecule has 3 rings (SSSR count). The first-order valence-electron chi connectivity index (χ1n) is 8.78. The minimum Gasteiger partial charge on any atom is -0.369 e. The molecular formula is C18H24N6O2. The fourth-order valence-corrected chi connectivity index (χ4v) is 3.14. The number of likely N-dealkylation sites (tertiary alicyclic amines) is 1. The molecule has 4 N–H and O–H groups in total. The molecule has 1 aliphatic rings. The Bertz CT molecular complexity index is 746. The Morgan fingerprint density at radius 3 is 2.96 bits per heavy atom. The topological polar surface area (TPSA) is 105 Å². The summed E-state index contributed by atoms with van der Waals surface area (Å²) in [5.74, 6) is -0.319. The number of nitrogens with zero attached hydrogens (tertiary/aromatic N) is 3. The van der Waals surface area contributed by atoms with Crippen molar-refractivity contribution < 1.29 is 9.59 Å². The summed E-state index contributed by atoms with van der Waals surface area (Å²) < 4.78 is 1.73. The third kappa shape index (κ3) is 4.82. The van der Waals surface area contributed by atoms with Gasteiger partial charge in [-0.15, -0.1) is 0 Å². The van der Waals surface area contributed by atoms with E-state index in [0.717, 1.165) is 25.1 Å². The molecule has 2 aromatic rings. The van der Waals surface area contributed by atoms with E-state index in [0.29, 0.717) is 25.3 Å². The van der Waals surface area contributed by atoms with Gasteiger partial charge in [-0.1, -0.05) is 6.07 Å². The lowest BCUT2D eigenvalue weighted by Gasteiger charge is -2.31. The van der Waals surface area contributed by atoms with Crippen LogP contribution in [0.5, 0.6) is 0 Å². The van der Waals surface area contributed by atoms with Crippen molar-refractivity contribution in [3.05, 3.63) is 42.7 Å². The van der Waals surface area contributed by atoms with E-state index in [-0.39, 0.29) is 17.9 Å². The minimum absolute atomic E-state index is 0.0809. The van der Waals surface area contributed by atoms with Crippen LogP contribution in [0.4, 0.5) is 10.5 Å². The van der Waals surface area contributed by atoms with Crippen LogP contribution < -0.4 is 16.4 Å². The van der Waals surface area contributed by atoms with Crippen LogP contribution in [0.1, 0.15) is 12.8 Å². The monoisotopic (exact) mass is 356 g/mol. The van der Waals surface area contributed by atoms with Gasteiger partial charge >= 0.3 is 6.03 Å². The highest BCUT2D eigenvalue weighted by Gasteiger charge is 2.23. The van der Waals surface area contributed by atoms with Crippen LogP contribution in [-0.4, -0.2) is 52.8 Å². The number of rotatable bonds is 6. The normalized spacial score (nSPS) is 17.6. The minimum atomic E-state index is -0.258. The summed E-state index contributed by atoms with van der Waals surface area (Å²) in [6.07, 6.45) is 5.36. The van der Waals surface area contributed by atoms with E-state index in [2.05, 4.69) is 20.6 Å². The summed E-state index contributed by atoms with van der Waals surface area (Å²) in [5, 5.41) is 9.85. The van der Waals surface area contributed by atoms with Gasteiger partial charge < -0.3 is 21.3 Å². The number of aromatic nitrogens is 2. The number of benzene rings is 1. The summed E-state index contributed by atoms with van der Waals surface area (Å²) in [6.45, 7) is 2.81. The van der Waals surface area contributed by atoms with Crippen LogP contribution in [0.3, 0.4) is 0 Å².